The van der Waals surface area contributed by atoms with Crippen LogP contribution >= 0.6 is 12.2 Å². The van der Waals surface area contributed by atoms with Crippen LogP contribution in [-0.2, 0) is 9.59 Å². The molecule has 1 aliphatic heterocycles. The fourth-order valence-electron chi connectivity index (χ4n) is 1.84. The Morgan fingerprint density at radius 2 is 2.20 bits per heavy atom. The second-order valence-corrected chi connectivity index (χ2v) is 4.46. The summed E-state index contributed by atoms with van der Waals surface area (Å²) in [6.07, 6.45) is 5.14. The van der Waals surface area contributed by atoms with Crippen LogP contribution in [0.2, 0.25) is 0 Å². The van der Waals surface area contributed by atoms with Gasteiger partial charge in [-0.3, -0.25) is 0 Å². The van der Waals surface area contributed by atoms with Gasteiger partial charge in [-0.05, 0) is 26.2 Å². The van der Waals surface area contributed by atoms with Crippen LogP contribution in [0.15, 0.2) is 0 Å². The smallest absolute Gasteiger partial charge is 0.142 e. The molecule has 1 saturated heterocycles. The molecule has 0 N–H and O–H groups in total. The zero-order chi connectivity index (χ0) is 11.3. The standard InChI is InChI=1S/C11H17NO2S/c1-9(14)5-6-11(15)12-7-3-2-4-10(12)8-13/h8,10H,2-7H2,1H3. The van der Waals surface area contributed by atoms with Gasteiger partial charge in [0.1, 0.15) is 12.1 Å². The average molecular weight is 227 g/mol. The molecule has 0 aromatic heterocycles. The first-order chi connectivity index (χ1) is 7.15. The molecule has 1 aliphatic rings. The van der Waals surface area contributed by atoms with Gasteiger partial charge in [0.15, 0.2) is 0 Å². The van der Waals surface area contributed by atoms with Crippen LogP contribution in [0.3, 0.4) is 0 Å². The molecule has 0 radical (unpaired) electrons. The summed E-state index contributed by atoms with van der Waals surface area (Å²) in [6.45, 7) is 2.43. The first-order valence-electron chi connectivity index (χ1n) is 5.39. The van der Waals surface area contributed by atoms with Gasteiger partial charge in [0.25, 0.3) is 0 Å². The van der Waals surface area contributed by atoms with Crippen LogP contribution in [0.4, 0.5) is 0 Å². The first-order valence-corrected chi connectivity index (χ1v) is 5.80. The van der Waals surface area contributed by atoms with Crippen LogP contribution in [-0.4, -0.2) is 34.5 Å². The number of Topliss-reactive ketones (excluding diaryl/α,β-unsaturated/α-hetero) is 1. The van der Waals surface area contributed by atoms with Gasteiger partial charge in [0.2, 0.25) is 0 Å². The number of rotatable bonds is 4. The van der Waals surface area contributed by atoms with E-state index in [0.29, 0.717) is 12.8 Å². The molecule has 4 heteroatoms. The molecular weight excluding hydrogens is 210 g/mol. The van der Waals surface area contributed by atoms with Crippen LogP contribution in [0.5, 0.6) is 0 Å². The number of hydrogen-bond donors (Lipinski definition) is 0. The Morgan fingerprint density at radius 3 is 2.80 bits per heavy atom. The lowest BCUT2D eigenvalue weighted by molar-refractivity contribution is -0.116. The Kier molecular flexibility index (Phi) is 4.88. The summed E-state index contributed by atoms with van der Waals surface area (Å²) < 4.78 is 0. The molecule has 0 saturated carbocycles. The predicted molar refractivity (Wildman–Crippen MR) is 62.9 cm³/mol. The number of carbonyl (C=O) groups excluding carboxylic acids is 2. The lowest BCUT2D eigenvalue weighted by Crippen LogP contribution is -2.43. The van der Waals surface area contributed by atoms with Gasteiger partial charge in [-0.15, -0.1) is 0 Å². The molecule has 0 aromatic carbocycles. The summed E-state index contributed by atoms with van der Waals surface area (Å²) in [6, 6.07) is -0.0572. The molecule has 1 unspecified atom stereocenters. The second kappa shape index (κ2) is 5.95. The zero-order valence-electron chi connectivity index (χ0n) is 9.07. The van der Waals surface area contributed by atoms with Crippen molar-refractivity contribution in [3.05, 3.63) is 0 Å². The maximum atomic E-state index is 10.8. The van der Waals surface area contributed by atoms with E-state index in [0.717, 1.165) is 37.1 Å². The van der Waals surface area contributed by atoms with E-state index in [1.54, 1.807) is 6.92 Å². The van der Waals surface area contributed by atoms with E-state index in [9.17, 15) is 9.59 Å². The number of carbonyl (C=O) groups is 2. The van der Waals surface area contributed by atoms with Gasteiger partial charge in [-0.25, -0.2) is 0 Å². The highest BCUT2D eigenvalue weighted by molar-refractivity contribution is 7.80. The average Bonchev–Trinajstić information content (AvgIpc) is 2.25. The molecule has 0 amide bonds. The minimum absolute atomic E-state index is 0.0572. The van der Waals surface area contributed by atoms with Crippen molar-refractivity contribution < 1.29 is 9.59 Å². The Balaban J connectivity index is 2.48. The van der Waals surface area contributed by atoms with E-state index in [4.69, 9.17) is 12.2 Å². The van der Waals surface area contributed by atoms with E-state index in [1.807, 2.05) is 4.90 Å². The third-order valence-electron chi connectivity index (χ3n) is 2.72. The Morgan fingerprint density at radius 1 is 1.47 bits per heavy atom. The summed E-state index contributed by atoms with van der Waals surface area (Å²) in [5.41, 5.74) is 0. The molecule has 84 valence electrons. The Hall–Kier alpha value is -0.770. The van der Waals surface area contributed by atoms with Crippen molar-refractivity contribution in [1.82, 2.24) is 4.90 Å². The number of piperidine rings is 1. The van der Waals surface area contributed by atoms with Crippen molar-refractivity contribution in [3.63, 3.8) is 0 Å². The Bertz CT molecular complexity index is 265. The molecule has 1 atom stereocenters. The summed E-state index contributed by atoms with van der Waals surface area (Å²) >= 11 is 5.25. The number of nitrogens with zero attached hydrogens (tertiary/aromatic N) is 1. The normalized spacial score (nSPS) is 21.1. The topological polar surface area (TPSA) is 37.4 Å². The summed E-state index contributed by atoms with van der Waals surface area (Å²) in [4.78, 5) is 24.4. The predicted octanol–water partition coefficient (Wildman–Crippen LogP) is 1.74. The van der Waals surface area contributed by atoms with E-state index < -0.39 is 0 Å². The monoisotopic (exact) mass is 227 g/mol. The maximum absolute atomic E-state index is 10.8. The largest absolute Gasteiger partial charge is 0.356 e. The highest BCUT2D eigenvalue weighted by atomic mass is 32.1. The van der Waals surface area contributed by atoms with E-state index in [1.165, 1.54) is 0 Å². The van der Waals surface area contributed by atoms with Crippen molar-refractivity contribution in [2.24, 2.45) is 0 Å². The number of aldehydes is 1. The van der Waals surface area contributed by atoms with Gasteiger partial charge >= 0.3 is 0 Å². The van der Waals surface area contributed by atoms with E-state index >= 15 is 0 Å². The van der Waals surface area contributed by atoms with Gasteiger partial charge < -0.3 is 14.5 Å². The highest BCUT2D eigenvalue weighted by Gasteiger charge is 2.23. The third kappa shape index (κ3) is 3.70. The summed E-state index contributed by atoms with van der Waals surface area (Å²) in [7, 11) is 0. The molecule has 3 nitrogen and oxygen atoms in total. The van der Waals surface area contributed by atoms with E-state index in [2.05, 4.69) is 0 Å². The van der Waals surface area contributed by atoms with Crippen molar-refractivity contribution in [3.8, 4) is 0 Å². The summed E-state index contributed by atoms with van der Waals surface area (Å²) in [5.74, 6) is 0.150. The Labute approximate surface area is 95.8 Å². The van der Waals surface area contributed by atoms with Crippen molar-refractivity contribution >= 4 is 29.3 Å². The molecule has 15 heavy (non-hydrogen) atoms. The fourth-order valence-corrected chi connectivity index (χ4v) is 2.16. The minimum atomic E-state index is -0.0572. The van der Waals surface area contributed by atoms with Gasteiger partial charge in [0.05, 0.1) is 11.0 Å². The van der Waals surface area contributed by atoms with Crippen molar-refractivity contribution in [1.29, 1.82) is 0 Å². The SMILES string of the molecule is CC(=O)CCC(=S)N1CCCCC1C=O. The number of hydrogen-bond acceptors (Lipinski definition) is 3. The molecule has 0 aliphatic carbocycles. The molecule has 0 spiro atoms. The number of likely N-dealkylation sites (tertiary alicyclic amines) is 1. The second-order valence-electron chi connectivity index (χ2n) is 3.99. The summed E-state index contributed by atoms with van der Waals surface area (Å²) in [5, 5.41) is 0. The van der Waals surface area contributed by atoms with Crippen LogP contribution in [0.1, 0.15) is 39.0 Å². The number of ketones is 1. The van der Waals surface area contributed by atoms with Crippen molar-refractivity contribution in [2.45, 2.75) is 45.1 Å². The lowest BCUT2D eigenvalue weighted by atomic mass is 10.0. The molecule has 0 aromatic rings. The van der Waals surface area contributed by atoms with Gasteiger partial charge in [-0.2, -0.15) is 0 Å². The zero-order valence-corrected chi connectivity index (χ0v) is 9.89. The van der Waals surface area contributed by atoms with E-state index in [-0.39, 0.29) is 11.8 Å². The fraction of sp³-hybridized carbons (Fsp3) is 0.727. The molecule has 1 heterocycles. The number of thiocarbonyl (C=S) groups is 1. The first kappa shape index (κ1) is 12.3. The maximum Gasteiger partial charge on any atom is 0.142 e. The molecule has 0 bridgehead atoms. The lowest BCUT2D eigenvalue weighted by Gasteiger charge is -2.34. The van der Waals surface area contributed by atoms with Gasteiger partial charge in [-0.1, -0.05) is 12.2 Å². The third-order valence-corrected chi connectivity index (χ3v) is 3.16. The van der Waals surface area contributed by atoms with Gasteiger partial charge in [0, 0.05) is 19.4 Å². The van der Waals surface area contributed by atoms with Crippen molar-refractivity contribution in [2.75, 3.05) is 6.54 Å². The van der Waals surface area contributed by atoms with Crippen LogP contribution < -0.4 is 0 Å². The minimum Gasteiger partial charge on any atom is -0.356 e. The highest BCUT2D eigenvalue weighted by Crippen LogP contribution is 2.17. The molecule has 1 fully saturated rings. The van der Waals surface area contributed by atoms with Crippen LogP contribution in [0.25, 0.3) is 0 Å². The molecular formula is C11H17NO2S. The molecule has 1 rings (SSSR count). The quantitative estimate of drug-likeness (QED) is 0.541. The van der Waals surface area contributed by atoms with Crippen LogP contribution in [0, 0.1) is 0 Å².